The lowest BCUT2D eigenvalue weighted by molar-refractivity contribution is -0.128. The van der Waals surface area contributed by atoms with Crippen molar-refractivity contribution in [3.8, 4) is 10.6 Å². The molecular formula is C16H18N4OS. The van der Waals surface area contributed by atoms with E-state index < -0.39 is 5.54 Å². The monoisotopic (exact) mass is 314 g/mol. The third-order valence-electron chi connectivity index (χ3n) is 3.88. The van der Waals surface area contributed by atoms with Crippen LogP contribution in [0.2, 0.25) is 0 Å². The zero-order valence-corrected chi connectivity index (χ0v) is 13.6. The van der Waals surface area contributed by atoms with Crippen LogP contribution in [0.25, 0.3) is 10.6 Å². The Balaban J connectivity index is 1.99. The second-order valence-corrected chi connectivity index (χ2v) is 6.80. The fourth-order valence-electron chi connectivity index (χ4n) is 2.49. The van der Waals surface area contributed by atoms with E-state index >= 15 is 0 Å². The van der Waals surface area contributed by atoms with Crippen LogP contribution < -0.4 is 5.73 Å². The number of nitrogens with zero attached hydrogens (tertiary/aromatic N) is 3. The Morgan fingerprint density at radius 3 is 2.86 bits per heavy atom. The van der Waals surface area contributed by atoms with Gasteiger partial charge in [0.25, 0.3) is 0 Å². The van der Waals surface area contributed by atoms with Crippen molar-refractivity contribution in [1.82, 2.24) is 9.88 Å². The van der Waals surface area contributed by atoms with E-state index in [-0.39, 0.29) is 11.9 Å². The minimum atomic E-state index is -0.632. The summed E-state index contributed by atoms with van der Waals surface area (Å²) >= 11 is 1.56. The summed E-state index contributed by atoms with van der Waals surface area (Å²) in [5, 5.41) is 0.931. The number of aryl methyl sites for hydroxylation is 1. The Labute approximate surface area is 133 Å². The maximum atomic E-state index is 12.1. The molecule has 1 aromatic heterocycles. The molecule has 5 nitrogen and oxygen atoms in total. The van der Waals surface area contributed by atoms with Crippen LogP contribution in [0.15, 0.2) is 35.5 Å². The Morgan fingerprint density at radius 2 is 2.18 bits per heavy atom. The number of carbonyl (C=O) groups is 1. The first-order valence-corrected chi connectivity index (χ1v) is 7.86. The number of hydrogen-bond donors (Lipinski definition) is 1. The van der Waals surface area contributed by atoms with E-state index in [1.165, 1.54) is 10.5 Å². The van der Waals surface area contributed by atoms with Crippen LogP contribution in [0, 0.1) is 6.92 Å². The lowest BCUT2D eigenvalue weighted by atomic mass is 9.95. The normalized spacial score (nSPS) is 21.9. The summed E-state index contributed by atoms with van der Waals surface area (Å²) in [7, 11) is 1.64. The Hall–Kier alpha value is -2.21. The number of hydrogen-bond acceptors (Lipinski definition) is 5. The predicted octanol–water partition coefficient (Wildman–Crippen LogP) is 2.51. The van der Waals surface area contributed by atoms with Crippen molar-refractivity contribution in [1.29, 1.82) is 0 Å². The fraction of sp³-hybridized carbons (Fsp3) is 0.312. The number of rotatable bonds is 2. The molecule has 1 aliphatic heterocycles. The van der Waals surface area contributed by atoms with Gasteiger partial charge in [0, 0.05) is 18.8 Å². The Kier molecular flexibility index (Phi) is 3.48. The summed E-state index contributed by atoms with van der Waals surface area (Å²) in [5.41, 5.74) is 7.50. The van der Waals surface area contributed by atoms with Crippen molar-refractivity contribution >= 4 is 23.2 Å². The zero-order valence-electron chi connectivity index (χ0n) is 12.8. The van der Waals surface area contributed by atoms with Gasteiger partial charge < -0.3 is 5.73 Å². The molecule has 22 heavy (non-hydrogen) atoms. The largest absolute Gasteiger partial charge is 0.369 e. The Bertz CT molecular complexity index is 767. The maximum absolute atomic E-state index is 12.1. The van der Waals surface area contributed by atoms with E-state index in [1.54, 1.807) is 24.6 Å². The van der Waals surface area contributed by atoms with Gasteiger partial charge in [-0.25, -0.2) is 9.98 Å². The van der Waals surface area contributed by atoms with Crippen molar-refractivity contribution in [2.24, 2.45) is 10.7 Å². The molecule has 0 fully saturated rings. The summed E-state index contributed by atoms with van der Waals surface area (Å²) in [6.07, 6.45) is 2.11. The van der Waals surface area contributed by atoms with Crippen molar-refractivity contribution in [2.45, 2.75) is 25.8 Å². The quantitative estimate of drug-likeness (QED) is 0.926. The second-order valence-electron chi connectivity index (χ2n) is 5.77. The van der Waals surface area contributed by atoms with E-state index in [9.17, 15) is 4.79 Å². The number of aromatic nitrogens is 1. The third kappa shape index (κ3) is 2.50. The van der Waals surface area contributed by atoms with E-state index in [4.69, 9.17) is 5.73 Å². The first-order chi connectivity index (χ1) is 10.4. The molecule has 1 amide bonds. The van der Waals surface area contributed by atoms with E-state index in [0.29, 0.717) is 6.42 Å². The van der Waals surface area contributed by atoms with Gasteiger partial charge in [-0.1, -0.05) is 23.8 Å². The van der Waals surface area contributed by atoms with Crippen LogP contribution in [0.5, 0.6) is 0 Å². The highest BCUT2D eigenvalue weighted by atomic mass is 32.1. The SMILES string of the molecule is Cc1cccc(-c2ncc([C@]3(C)CC(=O)N(C)C(N)=N3)s2)c1. The number of nitrogens with two attached hydrogens (primary N) is 1. The highest BCUT2D eigenvalue weighted by Gasteiger charge is 2.37. The molecule has 0 bridgehead atoms. The molecule has 1 aromatic carbocycles. The average Bonchev–Trinajstić information content (AvgIpc) is 2.95. The number of carbonyl (C=O) groups excluding carboxylic acids is 1. The van der Waals surface area contributed by atoms with Crippen LogP contribution in [-0.4, -0.2) is 28.8 Å². The number of benzene rings is 1. The van der Waals surface area contributed by atoms with E-state index in [0.717, 1.165) is 15.4 Å². The second kappa shape index (κ2) is 5.21. The maximum Gasteiger partial charge on any atom is 0.231 e. The van der Waals surface area contributed by atoms with Gasteiger partial charge >= 0.3 is 0 Å². The van der Waals surface area contributed by atoms with Crippen molar-refractivity contribution < 1.29 is 4.79 Å². The molecule has 1 atom stereocenters. The number of guanidine groups is 1. The van der Waals surface area contributed by atoms with E-state index in [2.05, 4.69) is 29.0 Å². The van der Waals surface area contributed by atoms with E-state index in [1.807, 2.05) is 19.1 Å². The number of aliphatic imine (C=N–C) groups is 1. The van der Waals surface area contributed by atoms with Gasteiger partial charge in [0.1, 0.15) is 10.5 Å². The highest BCUT2D eigenvalue weighted by Crippen LogP contribution is 2.38. The molecule has 0 spiro atoms. The van der Waals surface area contributed by atoms with Gasteiger partial charge in [-0.05, 0) is 19.9 Å². The molecular weight excluding hydrogens is 296 g/mol. The van der Waals surface area contributed by atoms with Gasteiger partial charge in [0.15, 0.2) is 5.96 Å². The van der Waals surface area contributed by atoms with Gasteiger partial charge in [0.05, 0.1) is 11.3 Å². The molecule has 6 heteroatoms. The van der Waals surface area contributed by atoms with Crippen LogP contribution in [0.3, 0.4) is 0 Å². The van der Waals surface area contributed by atoms with Gasteiger partial charge in [-0.3, -0.25) is 9.69 Å². The molecule has 0 aliphatic carbocycles. The minimum absolute atomic E-state index is 0.0273. The summed E-state index contributed by atoms with van der Waals surface area (Å²) < 4.78 is 0. The van der Waals surface area contributed by atoms with Gasteiger partial charge in [-0.15, -0.1) is 11.3 Å². The third-order valence-corrected chi connectivity index (χ3v) is 5.18. The van der Waals surface area contributed by atoms with Crippen molar-refractivity contribution in [3.63, 3.8) is 0 Å². The van der Waals surface area contributed by atoms with Gasteiger partial charge in [-0.2, -0.15) is 0 Å². The minimum Gasteiger partial charge on any atom is -0.369 e. The standard InChI is InChI=1S/C16H18N4OS/c1-10-5-4-6-11(7-10)14-18-9-12(22-14)16(2)8-13(21)20(3)15(17)19-16/h4-7,9H,8H2,1-3H3,(H2,17,19)/t16-/m0/s1. The zero-order chi connectivity index (χ0) is 15.9. The molecule has 3 rings (SSSR count). The van der Waals surface area contributed by atoms with Crippen molar-refractivity contribution in [3.05, 3.63) is 40.9 Å². The fourth-order valence-corrected chi connectivity index (χ4v) is 3.49. The Morgan fingerprint density at radius 1 is 1.41 bits per heavy atom. The van der Waals surface area contributed by atoms with Crippen LogP contribution in [-0.2, 0) is 10.3 Å². The first kappa shape index (κ1) is 14.7. The average molecular weight is 314 g/mol. The van der Waals surface area contributed by atoms with Gasteiger partial charge in [0.2, 0.25) is 5.91 Å². The molecule has 0 saturated heterocycles. The highest BCUT2D eigenvalue weighted by molar-refractivity contribution is 7.15. The molecule has 0 radical (unpaired) electrons. The molecule has 2 aromatic rings. The smallest absolute Gasteiger partial charge is 0.231 e. The topological polar surface area (TPSA) is 71.6 Å². The summed E-state index contributed by atoms with van der Waals surface area (Å²) in [4.78, 5) is 23.4. The number of amides is 1. The summed E-state index contributed by atoms with van der Waals surface area (Å²) in [6.45, 7) is 3.98. The molecule has 114 valence electrons. The molecule has 2 heterocycles. The van der Waals surface area contributed by atoms with Crippen molar-refractivity contribution in [2.75, 3.05) is 7.05 Å². The molecule has 1 aliphatic rings. The first-order valence-electron chi connectivity index (χ1n) is 7.04. The predicted molar refractivity (Wildman–Crippen MR) is 88.6 cm³/mol. The summed E-state index contributed by atoms with van der Waals surface area (Å²) in [6, 6.07) is 8.21. The lowest BCUT2D eigenvalue weighted by Gasteiger charge is -2.32. The molecule has 0 unspecified atom stereocenters. The molecule has 2 N–H and O–H groups in total. The van der Waals surface area contributed by atoms with Crippen LogP contribution >= 0.6 is 11.3 Å². The lowest BCUT2D eigenvalue weighted by Crippen LogP contribution is -2.47. The van der Waals surface area contributed by atoms with Crippen LogP contribution in [0.4, 0.5) is 0 Å². The molecule has 0 saturated carbocycles. The number of thiazole rings is 1. The summed E-state index contributed by atoms with van der Waals surface area (Å²) in [5.74, 6) is 0.227. The van der Waals surface area contributed by atoms with Crippen LogP contribution in [0.1, 0.15) is 23.8 Å².